The summed E-state index contributed by atoms with van der Waals surface area (Å²) in [6.07, 6.45) is 3.63. The van der Waals surface area contributed by atoms with Gasteiger partial charge in [-0.05, 0) is 24.6 Å². The van der Waals surface area contributed by atoms with E-state index in [1.54, 1.807) is 6.26 Å². The van der Waals surface area contributed by atoms with E-state index in [0.29, 0.717) is 5.56 Å². The third kappa shape index (κ3) is 1.44. The zero-order valence-electron chi connectivity index (χ0n) is 9.34. The van der Waals surface area contributed by atoms with E-state index in [0.717, 1.165) is 17.1 Å². The van der Waals surface area contributed by atoms with Crippen molar-refractivity contribution >= 4 is 0 Å². The van der Waals surface area contributed by atoms with Gasteiger partial charge in [-0.25, -0.2) is 0 Å². The molecule has 1 aromatic carbocycles. The molecule has 1 aromatic rings. The summed E-state index contributed by atoms with van der Waals surface area (Å²) >= 11 is 0. The molecule has 0 saturated carbocycles. The summed E-state index contributed by atoms with van der Waals surface area (Å²) in [5, 5.41) is 12.1. The molecule has 2 aliphatic heterocycles. The molecule has 0 spiro atoms. The molecular weight excluding hydrogens is 214 g/mol. The monoisotopic (exact) mass is 225 g/mol. The molecule has 84 valence electrons. The maximum absolute atomic E-state index is 8.77. The van der Waals surface area contributed by atoms with Crippen LogP contribution in [0.15, 0.2) is 48.3 Å². The summed E-state index contributed by atoms with van der Waals surface area (Å²) in [5.74, 6) is 0.847. The number of nitriles is 1. The minimum Gasteiger partial charge on any atom is -0.445 e. The molecule has 4 heteroatoms. The normalized spacial score (nSPS) is 20.9. The van der Waals surface area contributed by atoms with Gasteiger partial charge in [-0.15, -0.1) is 0 Å². The van der Waals surface area contributed by atoms with Crippen molar-refractivity contribution in [2.75, 3.05) is 0 Å². The molecule has 0 amide bonds. The third-order valence-electron chi connectivity index (χ3n) is 2.94. The summed E-state index contributed by atoms with van der Waals surface area (Å²) in [6, 6.07) is 9.68. The highest BCUT2D eigenvalue weighted by atomic mass is 16.5. The van der Waals surface area contributed by atoms with Crippen LogP contribution in [0.4, 0.5) is 0 Å². The Morgan fingerprint density at radius 1 is 1.35 bits per heavy atom. The van der Waals surface area contributed by atoms with Crippen molar-refractivity contribution in [3.8, 4) is 6.07 Å². The van der Waals surface area contributed by atoms with E-state index in [1.165, 1.54) is 0 Å². The van der Waals surface area contributed by atoms with E-state index in [1.807, 2.05) is 42.3 Å². The van der Waals surface area contributed by atoms with Crippen LogP contribution < -0.4 is 5.32 Å². The number of allylic oxidation sites excluding steroid dienone is 1. The lowest BCUT2D eigenvalue weighted by atomic mass is 10.1. The van der Waals surface area contributed by atoms with Gasteiger partial charge in [0.05, 0.1) is 17.3 Å². The van der Waals surface area contributed by atoms with Gasteiger partial charge in [-0.2, -0.15) is 5.26 Å². The van der Waals surface area contributed by atoms with Gasteiger partial charge in [0.2, 0.25) is 5.88 Å². The molecule has 3 rings (SSSR count). The van der Waals surface area contributed by atoms with Crippen LogP contribution in [0.2, 0.25) is 0 Å². The van der Waals surface area contributed by atoms with Crippen molar-refractivity contribution in [2.24, 2.45) is 0 Å². The van der Waals surface area contributed by atoms with Crippen LogP contribution in [0, 0.1) is 11.3 Å². The molecule has 2 aliphatic rings. The quantitative estimate of drug-likeness (QED) is 0.795. The number of ether oxygens (including phenoxy) is 1. The lowest BCUT2D eigenvalue weighted by Gasteiger charge is -2.21. The maximum Gasteiger partial charge on any atom is 0.220 e. The van der Waals surface area contributed by atoms with Gasteiger partial charge in [-0.1, -0.05) is 12.1 Å². The summed E-state index contributed by atoms with van der Waals surface area (Å²) in [7, 11) is 0. The van der Waals surface area contributed by atoms with Gasteiger partial charge in [0.1, 0.15) is 12.4 Å². The van der Waals surface area contributed by atoms with Crippen LogP contribution in [0.3, 0.4) is 0 Å². The SMILES string of the molecule is CC1=C2OC=CN2C(c2ccc(C#N)cc2)N1. The number of hydrogen-bond donors (Lipinski definition) is 1. The number of rotatable bonds is 1. The summed E-state index contributed by atoms with van der Waals surface area (Å²) in [6.45, 7) is 1.99. The average Bonchev–Trinajstić information content (AvgIpc) is 2.94. The Morgan fingerprint density at radius 3 is 2.82 bits per heavy atom. The van der Waals surface area contributed by atoms with E-state index in [9.17, 15) is 0 Å². The molecular formula is C13H11N3O. The third-order valence-corrected chi connectivity index (χ3v) is 2.94. The lowest BCUT2D eigenvalue weighted by Crippen LogP contribution is -2.23. The molecule has 0 fully saturated rings. The van der Waals surface area contributed by atoms with E-state index < -0.39 is 0 Å². The first-order valence-corrected chi connectivity index (χ1v) is 5.39. The van der Waals surface area contributed by atoms with Crippen LogP contribution in [0.5, 0.6) is 0 Å². The van der Waals surface area contributed by atoms with Crippen LogP contribution in [0.25, 0.3) is 0 Å². The Labute approximate surface area is 99.4 Å². The van der Waals surface area contributed by atoms with Crippen molar-refractivity contribution < 1.29 is 4.74 Å². The minimum absolute atomic E-state index is 0.0523. The molecule has 2 heterocycles. The van der Waals surface area contributed by atoms with Crippen molar-refractivity contribution in [1.29, 1.82) is 5.26 Å². The number of fused-ring (bicyclic) bond motifs is 1. The highest BCUT2D eigenvalue weighted by Crippen LogP contribution is 2.34. The Hall–Kier alpha value is -2.41. The highest BCUT2D eigenvalue weighted by molar-refractivity contribution is 5.35. The van der Waals surface area contributed by atoms with Crippen LogP contribution in [-0.4, -0.2) is 4.90 Å². The predicted octanol–water partition coefficient (Wildman–Crippen LogP) is 2.15. The maximum atomic E-state index is 8.77. The second-order valence-corrected chi connectivity index (χ2v) is 4.02. The topological polar surface area (TPSA) is 48.3 Å². The number of nitrogens with zero attached hydrogens (tertiary/aromatic N) is 2. The fraction of sp³-hybridized carbons (Fsp3) is 0.154. The lowest BCUT2D eigenvalue weighted by molar-refractivity contribution is 0.250. The first-order valence-electron chi connectivity index (χ1n) is 5.39. The molecule has 0 saturated heterocycles. The number of hydrogen-bond acceptors (Lipinski definition) is 4. The first-order chi connectivity index (χ1) is 8.29. The van der Waals surface area contributed by atoms with Gasteiger partial charge in [0, 0.05) is 6.20 Å². The second kappa shape index (κ2) is 3.56. The van der Waals surface area contributed by atoms with Crippen molar-refractivity contribution in [3.63, 3.8) is 0 Å². The standard InChI is InChI=1S/C13H11N3O/c1-9-13-16(6-7-17-13)12(15-9)11-4-2-10(8-14)3-5-11/h2-7,12,15H,1H3. The summed E-state index contributed by atoms with van der Waals surface area (Å²) < 4.78 is 5.40. The Balaban J connectivity index is 1.91. The van der Waals surface area contributed by atoms with Gasteiger partial charge in [0.15, 0.2) is 0 Å². The Bertz CT molecular complexity index is 551. The fourth-order valence-electron chi connectivity index (χ4n) is 2.09. The van der Waals surface area contributed by atoms with Crippen LogP contribution in [0.1, 0.15) is 24.2 Å². The Kier molecular flexibility index (Phi) is 2.05. The molecule has 4 nitrogen and oxygen atoms in total. The van der Waals surface area contributed by atoms with Gasteiger partial charge < -0.3 is 10.1 Å². The molecule has 0 aliphatic carbocycles. The van der Waals surface area contributed by atoms with Crippen LogP contribution in [-0.2, 0) is 4.74 Å². The van der Waals surface area contributed by atoms with Crippen molar-refractivity contribution in [1.82, 2.24) is 10.2 Å². The highest BCUT2D eigenvalue weighted by Gasteiger charge is 2.32. The smallest absolute Gasteiger partial charge is 0.220 e. The fourth-order valence-corrected chi connectivity index (χ4v) is 2.09. The van der Waals surface area contributed by atoms with E-state index in [2.05, 4.69) is 11.4 Å². The zero-order valence-corrected chi connectivity index (χ0v) is 9.34. The van der Waals surface area contributed by atoms with E-state index in [-0.39, 0.29) is 6.17 Å². The molecule has 1 atom stereocenters. The molecule has 1 unspecified atom stereocenters. The molecule has 0 radical (unpaired) electrons. The van der Waals surface area contributed by atoms with Gasteiger partial charge >= 0.3 is 0 Å². The zero-order chi connectivity index (χ0) is 11.8. The van der Waals surface area contributed by atoms with Crippen molar-refractivity contribution in [2.45, 2.75) is 13.1 Å². The number of nitrogens with one attached hydrogen (secondary N) is 1. The van der Waals surface area contributed by atoms with E-state index in [4.69, 9.17) is 10.00 Å². The van der Waals surface area contributed by atoms with Gasteiger partial charge in [-0.3, -0.25) is 4.90 Å². The average molecular weight is 225 g/mol. The Morgan fingerprint density at radius 2 is 2.12 bits per heavy atom. The minimum atomic E-state index is 0.0523. The van der Waals surface area contributed by atoms with Gasteiger partial charge in [0.25, 0.3) is 0 Å². The summed E-state index contributed by atoms with van der Waals surface area (Å²) in [5.41, 5.74) is 2.79. The second-order valence-electron chi connectivity index (χ2n) is 4.02. The van der Waals surface area contributed by atoms with E-state index >= 15 is 0 Å². The van der Waals surface area contributed by atoms with Crippen LogP contribution >= 0.6 is 0 Å². The predicted molar refractivity (Wildman–Crippen MR) is 61.8 cm³/mol. The first kappa shape index (κ1) is 9.79. The molecule has 0 aromatic heterocycles. The molecule has 17 heavy (non-hydrogen) atoms. The van der Waals surface area contributed by atoms with Crippen molar-refractivity contribution in [3.05, 3.63) is 59.4 Å². The largest absolute Gasteiger partial charge is 0.445 e. The number of benzene rings is 1. The molecule has 1 N–H and O–H groups in total. The molecule has 0 bridgehead atoms. The summed E-state index contributed by atoms with van der Waals surface area (Å²) in [4.78, 5) is 2.04.